The van der Waals surface area contributed by atoms with Crippen molar-refractivity contribution < 1.29 is 18.8 Å². The van der Waals surface area contributed by atoms with Gasteiger partial charge in [-0.05, 0) is 25.5 Å². The summed E-state index contributed by atoms with van der Waals surface area (Å²) in [5, 5.41) is 8.42. The van der Waals surface area contributed by atoms with E-state index in [0.717, 1.165) is 5.75 Å². The molecule has 0 aromatic heterocycles. The van der Waals surface area contributed by atoms with Crippen molar-refractivity contribution in [3.8, 4) is 5.75 Å². The predicted octanol–water partition coefficient (Wildman–Crippen LogP) is 1.60. The van der Waals surface area contributed by atoms with Gasteiger partial charge in [-0.3, -0.25) is 9.00 Å². The first-order valence-electron chi connectivity index (χ1n) is 5.34. The van der Waals surface area contributed by atoms with E-state index in [2.05, 4.69) is 0 Å². The monoisotopic (exact) mass is 256 g/mol. The molecule has 5 heteroatoms. The maximum Gasteiger partial charge on any atom is 0.316 e. The van der Waals surface area contributed by atoms with Crippen molar-refractivity contribution in [3.05, 3.63) is 29.8 Å². The molecule has 0 saturated heterocycles. The summed E-state index contributed by atoms with van der Waals surface area (Å²) in [5.74, 6) is -0.176. The van der Waals surface area contributed by atoms with Gasteiger partial charge in [-0.1, -0.05) is 17.7 Å². The quantitative estimate of drug-likeness (QED) is 0.753. The molecule has 1 rings (SSSR count). The van der Waals surface area contributed by atoms with Crippen LogP contribution in [0.5, 0.6) is 5.75 Å². The second-order valence-corrected chi connectivity index (χ2v) is 5.27. The zero-order chi connectivity index (χ0) is 12.7. The summed E-state index contributed by atoms with van der Waals surface area (Å²) in [6.07, 6.45) is 0.591. The Bertz CT molecular complexity index is 386. The van der Waals surface area contributed by atoms with Gasteiger partial charge >= 0.3 is 5.97 Å². The normalized spacial score (nSPS) is 12.1. The van der Waals surface area contributed by atoms with Crippen molar-refractivity contribution in [2.75, 3.05) is 18.1 Å². The van der Waals surface area contributed by atoms with Crippen LogP contribution in [0, 0.1) is 6.92 Å². The first-order valence-corrected chi connectivity index (χ1v) is 6.83. The first-order chi connectivity index (χ1) is 8.08. The lowest BCUT2D eigenvalue weighted by Crippen LogP contribution is -2.13. The molecule has 1 aromatic carbocycles. The van der Waals surface area contributed by atoms with E-state index in [0.29, 0.717) is 18.8 Å². The van der Waals surface area contributed by atoms with Gasteiger partial charge in [0, 0.05) is 16.6 Å². The van der Waals surface area contributed by atoms with Gasteiger partial charge in [0.25, 0.3) is 0 Å². The fraction of sp³-hybridized carbons (Fsp3) is 0.417. The van der Waals surface area contributed by atoms with Crippen LogP contribution >= 0.6 is 0 Å². The molecule has 0 amide bonds. The summed E-state index contributed by atoms with van der Waals surface area (Å²) in [4.78, 5) is 10.3. The molecule has 4 nitrogen and oxygen atoms in total. The number of hydrogen-bond donors (Lipinski definition) is 1. The number of aryl methyl sites for hydroxylation is 1. The molecule has 17 heavy (non-hydrogen) atoms. The SMILES string of the molecule is Cc1ccc(OCCCS(=O)CC(=O)O)cc1. The van der Waals surface area contributed by atoms with Crippen LogP contribution in [-0.4, -0.2) is 33.4 Å². The Morgan fingerprint density at radius 2 is 2.00 bits per heavy atom. The standard InChI is InChI=1S/C12H16O4S/c1-10-3-5-11(6-4-10)16-7-2-8-17(15)9-12(13)14/h3-6H,2,7-9H2,1H3,(H,13,14). The molecule has 1 aromatic rings. The third kappa shape index (κ3) is 6.06. The van der Waals surface area contributed by atoms with Gasteiger partial charge in [-0.15, -0.1) is 0 Å². The van der Waals surface area contributed by atoms with E-state index in [-0.39, 0.29) is 5.75 Å². The molecule has 0 bridgehead atoms. The molecule has 0 fully saturated rings. The van der Waals surface area contributed by atoms with Crippen LogP contribution in [-0.2, 0) is 15.6 Å². The van der Waals surface area contributed by atoms with Gasteiger partial charge in [0.05, 0.1) is 6.61 Å². The third-order valence-corrected chi connectivity index (χ3v) is 3.40. The fourth-order valence-corrected chi connectivity index (χ4v) is 2.11. The Morgan fingerprint density at radius 3 is 2.59 bits per heavy atom. The number of carbonyl (C=O) groups is 1. The predicted molar refractivity (Wildman–Crippen MR) is 66.8 cm³/mol. The molecular weight excluding hydrogens is 240 g/mol. The van der Waals surface area contributed by atoms with Crippen molar-refractivity contribution in [3.63, 3.8) is 0 Å². The van der Waals surface area contributed by atoms with E-state index in [1.807, 2.05) is 31.2 Å². The lowest BCUT2D eigenvalue weighted by Gasteiger charge is -2.05. The van der Waals surface area contributed by atoms with Crippen LogP contribution in [0.4, 0.5) is 0 Å². The van der Waals surface area contributed by atoms with Crippen molar-refractivity contribution in [2.24, 2.45) is 0 Å². The third-order valence-electron chi connectivity index (χ3n) is 2.09. The summed E-state index contributed by atoms with van der Waals surface area (Å²) < 4.78 is 16.6. The second kappa shape index (κ2) is 7.06. The summed E-state index contributed by atoms with van der Waals surface area (Å²) in [6.45, 7) is 2.45. The fourth-order valence-electron chi connectivity index (χ4n) is 1.25. The van der Waals surface area contributed by atoms with Crippen molar-refractivity contribution in [2.45, 2.75) is 13.3 Å². The number of carboxylic acids is 1. The average molecular weight is 256 g/mol. The molecular formula is C12H16O4S. The Morgan fingerprint density at radius 1 is 1.35 bits per heavy atom. The molecule has 94 valence electrons. The highest BCUT2D eigenvalue weighted by Gasteiger charge is 2.05. The molecule has 0 saturated carbocycles. The molecule has 1 N–H and O–H groups in total. The second-order valence-electron chi connectivity index (χ2n) is 3.70. The molecule has 0 heterocycles. The summed E-state index contributed by atoms with van der Waals surface area (Å²) in [7, 11) is -1.29. The van der Waals surface area contributed by atoms with Gasteiger partial charge < -0.3 is 9.84 Å². The van der Waals surface area contributed by atoms with Gasteiger partial charge in [0.1, 0.15) is 11.5 Å². The van der Waals surface area contributed by atoms with Crippen molar-refractivity contribution >= 4 is 16.8 Å². The summed E-state index contributed by atoms with van der Waals surface area (Å²) in [5.41, 5.74) is 1.17. The van der Waals surface area contributed by atoms with Crippen LogP contribution in [0.15, 0.2) is 24.3 Å². The Hall–Kier alpha value is -1.36. The number of ether oxygens (including phenoxy) is 1. The summed E-state index contributed by atoms with van der Waals surface area (Å²) in [6, 6.07) is 7.67. The van der Waals surface area contributed by atoms with E-state index in [1.54, 1.807) is 0 Å². The van der Waals surface area contributed by atoms with Crippen molar-refractivity contribution in [1.82, 2.24) is 0 Å². The first kappa shape index (κ1) is 13.7. The van der Waals surface area contributed by atoms with Gasteiger partial charge in [-0.2, -0.15) is 0 Å². The number of aliphatic carboxylic acids is 1. The zero-order valence-electron chi connectivity index (χ0n) is 9.72. The molecule has 0 aliphatic carbocycles. The van der Waals surface area contributed by atoms with Crippen LogP contribution in [0.2, 0.25) is 0 Å². The molecule has 1 unspecified atom stereocenters. The molecule has 0 radical (unpaired) electrons. The highest BCUT2D eigenvalue weighted by atomic mass is 32.2. The zero-order valence-corrected chi connectivity index (χ0v) is 10.5. The van der Waals surface area contributed by atoms with Crippen LogP contribution in [0.1, 0.15) is 12.0 Å². The lowest BCUT2D eigenvalue weighted by molar-refractivity contribution is -0.133. The van der Waals surface area contributed by atoms with E-state index < -0.39 is 16.8 Å². The maximum atomic E-state index is 11.2. The Kier molecular flexibility index (Phi) is 5.69. The van der Waals surface area contributed by atoms with Gasteiger partial charge in [0.2, 0.25) is 0 Å². The Labute approximate surface area is 103 Å². The Balaban J connectivity index is 2.18. The van der Waals surface area contributed by atoms with Crippen molar-refractivity contribution in [1.29, 1.82) is 0 Å². The van der Waals surface area contributed by atoms with E-state index in [1.165, 1.54) is 5.56 Å². The minimum Gasteiger partial charge on any atom is -0.494 e. The summed E-state index contributed by atoms with van der Waals surface area (Å²) >= 11 is 0. The number of rotatable bonds is 7. The van der Waals surface area contributed by atoms with Gasteiger partial charge in [-0.25, -0.2) is 0 Å². The number of carboxylic acid groups (broad SMARTS) is 1. The maximum absolute atomic E-state index is 11.2. The largest absolute Gasteiger partial charge is 0.494 e. The van der Waals surface area contributed by atoms with E-state index in [9.17, 15) is 9.00 Å². The molecule has 1 atom stereocenters. The van der Waals surface area contributed by atoms with Crippen LogP contribution < -0.4 is 4.74 Å². The minimum absolute atomic E-state index is 0.287. The smallest absolute Gasteiger partial charge is 0.316 e. The van der Waals surface area contributed by atoms with Crippen LogP contribution in [0.3, 0.4) is 0 Å². The topological polar surface area (TPSA) is 63.6 Å². The lowest BCUT2D eigenvalue weighted by atomic mass is 10.2. The molecule has 0 spiro atoms. The highest BCUT2D eigenvalue weighted by molar-refractivity contribution is 7.85. The van der Waals surface area contributed by atoms with Gasteiger partial charge in [0.15, 0.2) is 0 Å². The minimum atomic E-state index is -1.29. The van der Waals surface area contributed by atoms with Crippen LogP contribution in [0.25, 0.3) is 0 Å². The number of benzene rings is 1. The highest BCUT2D eigenvalue weighted by Crippen LogP contribution is 2.11. The van der Waals surface area contributed by atoms with E-state index in [4.69, 9.17) is 9.84 Å². The van der Waals surface area contributed by atoms with E-state index >= 15 is 0 Å². The molecule has 0 aliphatic rings. The molecule has 0 aliphatic heterocycles. The number of hydrogen-bond acceptors (Lipinski definition) is 3. The average Bonchev–Trinajstić information content (AvgIpc) is 2.26.